The van der Waals surface area contributed by atoms with Gasteiger partial charge in [-0.3, -0.25) is 0 Å². The molecule has 0 unspecified atom stereocenters. The minimum atomic E-state index is 1.15. The second-order valence-electron chi connectivity index (χ2n) is 1.83. The van der Waals surface area contributed by atoms with Gasteiger partial charge in [0.15, 0.2) is 0 Å². The van der Waals surface area contributed by atoms with Gasteiger partial charge in [0.05, 0.1) is 0 Å². The van der Waals surface area contributed by atoms with Crippen molar-refractivity contribution in [2.75, 3.05) is 5.75 Å². The summed E-state index contributed by atoms with van der Waals surface area (Å²) < 4.78 is 0. The summed E-state index contributed by atoms with van der Waals surface area (Å²) in [6.45, 7) is 3.65. The SMILES string of the molecule is C=C/C=C1/CC=PSC1. The third-order valence-electron chi connectivity index (χ3n) is 1.11. The van der Waals surface area contributed by atoms with E-state index in [1.165, 1.54) is 18.7 Å². The maximum atomic E-state index is 3.65. The molecule has 0 atom stereocenters. The molecule has 0 spiro atoms. The van der Waals surface area contributed by atoms with Crippen molar-refractivity contribution in [3.63, 3.8) is 0 Å². The fourth-order valence-electron chi connectivity index (χ4n) is 0.669. The smallest absolute Gasteiger partial charge is 0.0235 e. The summed E-state index contributed by atoms with van der Waals surface area (Å²) in [5, 5.41) is 0. The first-order valence-corrected chi connectivity index (χ1v) is 5.43. The van der Waals surface area contributed by atoms with Crippen molar-refractivity contribution in [1.29, 1.82) is 0 Å². The van der Waals surface area contributed by atoms with Crippen LogP contribution in [0.1, 0.15) is 6.42 Å². The molecular weight excluding hydrogens is 147 g/mol. The zero-order valence-corrected chi connectivity index (χ0v) is 6.92. The van der Waals surface area contributed by atoms with Crippen LogP contribution in [0.3, 0.4) is 0 Å². The first kappa shape index (κ1) is 7.11. The van der Waals surface area contributed by atoms with Crippen LogP contribution in [0.5, 0.6) is 0 Å². The zero-order chi connectivity index (χ0) is 6.53. The minimum Gasteiger partial charge on any atom is -0.0991 e. The van der Waals surface area contributed by atoms with Crippen LogP contribution >= 0.6 is 18.8 Å². The highest BCUT2D eigenvalue weighted by atomic mass is 32.7. The predicted octanol–water partition coefficient (Wildman–Crippen LogP) is 2.90. The van der Waals surface area contributed by atoms with E-state index in [1.54, 1.807) is 0 Å². The van der Waals surface area contributed by atoms with Crippen LogP contribution in [0, 0.1) is 0 Å². The van der Waals surface area contributed by atoms with Crippen molar-refractivity contribution >= 4 is 24.6 Å². The Kier molecular flexibility index (Phi) is 3.10. The molecule has 0 aromatic heterocycles. The molecule has 0 saturated heterocycles. The van der Waals surface area contributed by atoms with Gasteiger partial charge in [-0.15, -0.1) is 0 Å². The molecule has 2 heteroatoms. The normalized spacial score (nSPS) is 24.2. The Morgan fingerprint density at radius 2 is 2.67 bits per heavy atom. The van der Waals surface area contributed by atoms with Gasteiger partial charge in [-0.2, -0.15) is 0 Å². The van der Waals surface area contributed by atoms with E-state index in [9.17, 15) is 0 Å². The number of hydrogen-bond acceptors (Lipinski definition) is 1. The lowest BCUT2D eigenvalue weighted by Crippen LogP contribution is -1.88. The van der Waals surface area contributed by atoms with Gasteiger partial charge in [-0.1, -0.05) is 35.7 Å². The molecule has 0 amide bonds. The number of allylic oxidation sites excluding steroid dienone is 2. The van der Waals surface area contributed by atoms with Crippen LogP contribution in [0.15, 0.2) is 24.3 Å². The van der Waals surface area contributed by atoms with Gasteiger partial charge < -0.3 is 0 Å². The van der Waals surface area contributed by atoms with Crippen molar-refractivity contribution in [2.24, 2.45) is 0 Å². The van der Waals surface area contributed by atoms with E-state index >= 15 is 0 Å². The van der Waals surface area contributed by atoms with Gasteiger partial charge in [0, 0.05) is 5.75 Å². The maximum Gasteiger partial charge on any atom is 0.0235 e. The summed E-state index contributed by atoms with van der Waals surface area (Å²) in [7, 11) is 1.42. The summed E-state index contributed by atoms with van der Waals surface area (Å²) in [5.41, 5.74) is 1.49. The fraction of sp³-hybridized carbons (Fsp3) is 0.286. The van der Waals surface area contributed by atoms with Crippen LogP contribution in [0.2, 0.25) is 0 Å². The van der Waals surface area contributed by atoms with E-state index in [2.05, 4.69) is 18.5 Å². The van der Waals surface area contributed by atoms with Gasteiger partial charge >= 0.3 is 0 Å². The third-order valence-corrected chi connectivity index (χ3v) is 3.37. The van der Waals surface area contributed by atoms with E-state index in [1.807, 2.05) is 17.5 Å². The quantitative estimate of drug-likeness (QED) is 0.526. The lowest BCUT2D eigenvalue weighted by Gasteiger charge is -2.04. The Labute approximate surface area is 61.6 Å². The largest absolute Gasteiger partial charge is 0.0991 e. The Hall–Kier alpha value is -0.0000000000000000555. The van der Waals surface area contributed by atoms with Crippen molar-refractivity contribution in [3.05, 3.63) is 24.3 Å². The van der Waals surface area contributed by atoms with Crippen molar-refractivity contribution in [3.8, 4) is 0 Å². The summed E-state index contributed by atoms with van der Waals surface area (Å²) in [6, 6.07) is 0. The second kappa shape index (κ2) is 3.92. The molecule has 1 aliphatic rings. The molecular formula is C7H9PS. The molecule has 1 aliphatic heterocycles. The highest BCUT2D eigenvalue weighted by Crippen LogP contribution is 2.28. The monoisotopic (exact) mass is 156 g/mol. The van der Waals surface area contributed by atoms with Crippen molar-refractivity contribution < 1.29 is 0 Å². The van der Waals surface area contributed by atoms with Crippen molar-refractivity contribution in [1.82, 2.24) is 0 Å². The van der Waals surface area contributed by atoms with Crippen LogP contribution in [-0.4, -0.2) is 11.5 Å². The molecule has 1 heterocycles. The summed E-state index contributed by atoms with van der Waals surface area (Å²) in [6.07, 6.45) is 5.13. The van der Waals surface area contributed by atoms with E-state index in [-0.39, 0.29) is 0 Å². The van der Waals surface area contributed by atoms with E-state index in [4.69, 9.17) is 0 Å². The molecule has 1 rings (SSSR count). The number of hydrogen-bond donors (Lipinski definition) is 0. The van der Waals surface area contributed by atoms with Gasteiger partial charge in [0.2, 0.25) is 0 Å². The lowest BCUT2D eigenvalue weighted by atomic mass is 10.2. The third kappa shape index (κ3) is 2.38. The Bertz CT molecular complexity index is 158. The molecule has 0 aliphatic carbocycles. The van der Waals surface area contributed by atoms with Gasteiger partial charge in [-0.25, -0.2) is 0 Å². The molecule has 0 bridgehead atoms. The van der Waals surface area contributed by atoms with Gasteiger partial charge in [-0.05, 0) is 19.6 Å². The molecule has 0 radical (unpaired) electrons. The van der Waals surface area contributed by atoms with Crippen molar-refractivity contribution in [2.45, 2.75) is 6.42 Å². The summed E-state index contributed by atoms with van der Waals surface area (Å²) in [4.78, 5) is 0. The molecule has 48 valence electrons. The summed E-state index contributed by atoms with van der Waals surface area (Å²) >= 11 is 1.94. The van der Waals surface area contributed by atoms with Crippen LogP contribution in [-0.2, 0) is 0 Å². The highest BCUT2D eigenvalue weighted by molar-refractivity contribution is 8.48. The fourth-order valence-corrected chi connectivity index (χ4v) is 2.80. The molecule has 0 fully saturated rings. The predicted molar refractivity (Wildman–Crippen MR) is 48.3 cm³/mol. The summed E-state index contributed by atoms with van der Waals surface area (Å²) in [5.74, 6) is 3.47. The average molecular weight is 156 g/mol. The molecule has 0 nitrogen and oxygen atoms in total. The molecule has 0 aromatic rings. The van der Waals surface area contributed by atoms with Gasteiger partial charge in [0.1, 0.15) is 0 Å². The lowest BCUT2D eigenvalue weighted by molar-refractivity contribution is 1.32. The van der Waals surface area contributed by atoms with E-state index < -0.39 is 0 Å². The minimum absolute atomic E-state index is 1.15. The van der Waals surface area contributed by atoms with E-state index in [0.29, 0.717) is 0 Å². The maximum absolute atomic E-state index is 3.65. The topological polar surface area (TPSA) is 0 Å². The van der Waals surface area contributed by atoms with Crippen LogP contribution in [0.4, 0.5) is 0 Å². The first-order valence-electron chi connectivity index (χ1n) is 2.88. The van der Waals surface area contributed by atoms with Gasteiger partial charge in [0.25, 0.3) is 0 Å². The number of rotatable bonds is 1. The second-order valence-corrected chi connectivity index (χ2v) is 4.36. The molecule has 0 aromatic carbocycles. The molecule has 0 saturated carbocycles. The average Bonchev–Trinajstić information content (AvgIpc) is 1.91. The highest BCUT2D eigenvalue weighted by Gasteiger charge is 1.97. The molecule has 9 heavy (non-hydrogen) atoms. The Morgan fingerprint density at radius 3 is 3.22 bits per heavy atom. The zero-order valence-electron chi connectivity index (χ0n) is 5.21. The van der Waals surface area contributed by atoms with Crippen LogP contribution in [0.25, 0.3) is 0 Å². The van der Waals surface area contributed by atoms with E-state index in [0.717, 1.165) is 6.42 Å². The molecule has 0 N–H and O–H groups in total. The standard InChI is InChI=1S/C7H9PS/c1-2-3-7-4-5-8-9-6-7/h2-3,5H,1,4,6H2/b7-3-. The first-order chi connectivity index (χ1) is 4.43. The van der Waals surface area contributed by atoms with Crippen LogP contribution < -0.4 is 0 Å². The Balaban J connectivity index is 2.52. The Morgan fingerprint density at radius 1 is 1.78 bits per heavy atom.